The summed E-state index contributed by atoms with van der Waals surface area (Å²) in [6.07, 6.45) is 5.28. The first kappa shape index (κ1) is 24.7. The van der Waals surface area contributed by atoms with Gasteiger partial charge in [-0.15, -0.1) is 0 Å². The number of piperidine rings is 1. The Balaban J connectivity index is 1.47. The summed E-state index contributed by atoms with van der Waals surface area (Å²) >= 11 is 0. The Labute approximate surface area is 214 Å². The number of carbonyl (C=O) groups is 1. The molecule has 1 unspecified atom stereocenters. The lowest BCUT2D eigenvalue weighted by Gasteiger charge is -2.47. The first-order chi connectivity index (χ1) is 17.6. The molecule has 36 heavy (non-hydrogen) atoms. The molecular formula is C31H36N2O3. The topological polar surface area (TPSA) is 64.0 Å². The van der Waals surface area contributed by atoms with Gasteiger partial charge in [0.25, 0.3) is 0 Å². The lowest BCUT2D eigenvalue weighted by atomic mass is 9.72. The molecule has 0 saturated carbocycles. The average molecular weight is 485 g/mol. The van der Waals surface area contributed by atoms with E-state index in [1.54, 1.807) is 12.1 Å². The first-order valence-corrected chi connectivity index (χ1v) is 13.1. The maximum absolute atomic E-state index is 13.1. The Bertz CT molecular complexity index is 1100. The molecule has 0 amide bonds. The van der Waals surface area contributed by atoms with Crippen molar-refractivity contribution in [2.45, 2.75) is 49.3 Å². The van der Waals surface area contributed by atoms with Crippen LogP contribution >= 0.6 is 0 Å². The Kier molecular flexibility index (Phi) is 7.24. The monoisotopic (exact) mass is 484 g/mol. The lowest BCUT2D eigenvalue weighted by Crippen LogP contribution is -2.55. The molecule has 0 bridgehead atoms. The molecule has 2 aliphatic heterocycles. The largest absolute Gasteiger partial charge is 0.508 e. The van der Waals surface area contributed by atoms with Gasteiger partial charge in [-0.1, -0.05) is 78.9 Å². The molecule has 3 aromatic carbocycles. The van der Waals surface area contributed by atoms with E-state index in [0.29, 0.717) is 37.9 Å². The molecule has 5 rings (SSSR count). The molecule has 0 radical (unpaired) electrons. The van der Waals surface area contributed by atoms with Crippen LogP contribution in [-0.4, -0.2) is 58.6 Å². The number of benzene rings is 3. The summed E-state index contributed by atoms with van der Waals surface area (Å²) in [7, 11) is 0. The fourth-order valence-electron chi connectivity index (χ4n) is 6.20. The minimum atomic E-state index is -1.04. The second-order valence-corrected chi connectivity index (χ2v) is 10.3. The van der Waals surface area contributed by atoms with Gasteiger partial charge in [-0.3, -0.25) is 9.80 Å². The van der Waals surface area contributed by atoms with Crippen molar-refractivity contribution in [3.63, 3.8) is 0 Å². The summed E-state index contributed by atoms with van der Waals surface area (Å²) in [4.78, 5) is 18.1. The number of phenolic OH excluding ortho intramolecular Hbond substituents is 1. The molecule has 0 aliphatic carbocycles. The van der Waals surface area contributed by atoms with E-state index >= 15 is 0 Å². The number of rotatable bonds is 8. The van der Waals surface area contributed by atoms with E-state index in [1.165, 1.54) is 0 Å². The van der Waals surface area contributed by atoms with Crippen molar-refractivity contribution in [2.24, 2.45) is 0 Å². The molecule has 2 fully saturated rings. The highest BCUT2D eigenvalue weighted by atomic mass is 16.3. The zero-order valence-corrected chi connectivity index (χ0v) is 20.8. The van der Waals surface area contributed by atoms with Gasteiger partial charge in [-0.05, 0) is 62.4 Å². The molecule has 0 spiro atoms. The molecule has 5 nitrogen and oxygen atoms in total. The predicted octanol–water partition coefficient (Wildman–Crippen LogP) is 4.67. The van der Waals surface area contributed by atoms with E-state index < -0.39 is 11.0 Å². The second kappa shape index (κ2) is 10.6. The summed E-state index contributed by atoms with van der Waals surface area (Å²) < 4.78 is 0. The van der Waals surface area contributed by atoms with Gasteiger partial charge in [-0.25, -0.2) is 0 Å². The highest BCUT2D eigenvalue weighted by molar-refractivity contribution is 5.75. The Morgan fingerprint density at radius 3 is 1.81 bits per heavy atom. The fourth-order valence-corrected chi connectivity index (χ4v) is 6.20. The predicted molar refractivity (Wildman–Crippen MR) is 142 cm³/mol. The van der Waals surface area contributed by atoms with Crippen molar-refractivity contribution in [2.75, 3.05) is 26.2 Å². The number of hydrogen-bond acceptors (Lipinski definition) is 5. The summed E-state index contributed by atoms with van der Waals surface area (Å²) in [5.74, 6) is 0.151. The lowest BCUT2D eigenvalue weighted by molar-refractivity contribution is -0.113. The number of likely N-dealkylation sites (tertiary alicyclic amines) is 2. The first-order valence-electron chi connectivity index (χ1n) is 13.1. The van der Waals surface area contributed by atoms with Crippen LogP contribution in [0.5, 0.6) is 5.75 Å². The third-order valence-electron chi connectivity index (χ3n) is 8.30. The van der Waals surface area contributed by atoms with Gasteiger partial charge in [-0.2, -0.15) is 0 Å². The molecule has 2 heterocycles. The van der Waals surface area contributed by atoms with E-state index in [4.69, 9.17) is 0 Å². The molecule has 1 atom stereocenters. The number of para-hydroxylation sites is 1. The number of aliphatic hydroxyl groups is 1. The van der Waals surface area contributed by atoms with Crippen molar-refractivity contribution < 1.29 is 15.0 Å². The van der Waals surface area contributed by atoms with Crippen LogP contribution in [-0.2, 0) is 15.8 Å². The van der Waals surface area contributed by atoms with Gasteiger partial charge in [0.1, 0.15) is 12.0 Å². The normalized spacial score (nSPS) is 19.7. The second-order valence-electron chi connectivity index (χ2n) is 10.3. The van der Waals surface area contributed by atoms with Gasteiger partial charge in [0, 0.05) is 18.7 Å². The highest BCUT2D eigenvalue weighted by Gasteiger charge is 2.44. The minimum Gasteiger partial charge on any atom is -0.508 e. The van der Waals surface area contributed by atoms with E-state index in [9.17, 15) is 15.0 Å². The van der Waals surface area contributed by atoms with Gasteiger partial charge < -0.3 is 15.0 Å². The molecule has 2 saturated heterocycles. The zero-order valence-electron chi connectivity index (χ0n) is 20.8. The SMILES string of the molecule is O=CC(CC(N1CCCC1)N1CCC(O)(c2ccccc2O)CC1)(c1ccccc1)c1ccccc1. The third kappa shape index (κ3) is 4.71. The molecular weight excluding hydrogens is 448 g/mol. The van der Waals surface area contributed by atoms with Crippen LogP contribution in [0, 0.1) is 0 Å². The number of nitrogens with zero attached hydrogens (tertiary/aromatic N) is 2. The van der Waals surface area contributed by atoms with Crippen LogP contribution in [0.4, 0.5) is 0 Å². The van der Waals surface area contributed by atoms with Crippen LogP contribution < -0.4 is 0 Å². The zero-order chi connectivity index (χ0) is 25.0. The van der Waals surface area contributed by atoms with Crippen LogP contribution in [0.2, 0.25) is 0 Å². The summed E-state index contributed by atoms with van der Waals surface area (Å²) in [6.45, 7) is 3.43. The van der Waals surface area contributed by atoms with E-state index in [2.05, 4.69) is 34.1 Å². The van der Waals surface area contributed by atoms with Gasteiger partial charge in [0.05, 0.1) is 17.2 Å². The molecule has 2 N–H and O–H groups in total. The van der Waals surface area contributed by atoms with Crippen molar-refractivity contribution in [3.05, 3.63) is 102 Å². The minimum absolute atomic E-state index is 0.0760. The standard InChI is InChI=1S/C31H36N2O3/c34-24-30(25-11-3-1-4-12-25,26-13-5-2-6-14-26)23-29(32-19-9-10-20-32)33-21-17-31(36,18-22-33)27-15-7-8-16-28(27)35/h1-8,11-16,24,29,35-36H,9-10,17-23H2. The summed E-state index contributed by atoms with van der Waals surface area (Å²) in [5.41, 5.74) is 0.827. The fraction of sp³-hybridized carbons (Fsp3) is 0.387. The van der Waals surface area contributed by atoms with Crippen LogP contribution in [0.15, 0.2) is 84.9 Å². The molecule has 0 aromatic heterocycles. The number of phenols is 1. The quantitative estimate of drug-likeness (QED) is 0.455. The molecule has 188 valence electrons. The molecule has 2 aliphatic rings. The summed E-state index contributed by atoms with van der Waals surface area (Å²) in [5, 5.41) is 21.9. The smallest absolute Gasteiger partial charge is 0.135 e. The number of aldehydes is 1. The van der Waals surface area contributed by atoms with Crippen LogP contribution in [0.3, 0.4) is 0 Å². The summed E-state index contributed by atoms with van der Waals surface area (Å²) in [6, 6.07) is 27.4. The Morgan fingerprint density at radius 2 is 1.28 bits per heavy atom. The van der Waals surface area contributed by atoms with Crippen molar-refractivity contribution in [3.8, 4) is 5.75 Å². The molecule has 3 aromatic rings. The van der Waals surface area contributed by atoms with Crippen molar-refractivity contribution in [1.29, 1.82) is 0 Å². The Morgan fingerprint density at radius 1 is 0.778 bits per heavy atom. The Hall–Kier alpha value is -2.99. The van der Waals surface area contributed by atoms with Crippen molar-refractivity contribution >= 4 is 6.29 Å². The van der Waals surface area contributed by atoms with Gasteiger partial charge in [0.2, 0.25) is 0 Å². The van der Waals surface area contributed by atoms with Crippen molar-refractivity contribution in [1.82, 2.24) is 9.80 Å². The van der Waals surface area contributed by atoms with E-state index in [-0.39, 0.29) is 11.9 Å². The molecule has 5 heteroatoms. The highest BCUT2D eigenvalue weighted by Crippen LogP contribution is 2.41. The van der Waals surface area contributed by atoms with Gasteiger partial charge >= 0.3 is 0 Å². The van der Waals surface area contributed by atoms with Crippen LogP contribution in [0.1, 0.15) is 48.8 Å². The number of hydrogen-bond donors (Lipinski definition) is 2. The van der Waals surface area contributed by atoms with Gasteiger partial charge in [0.15, 0.2) is 0 Å². The van der Waals surface area contributed by atoms with E-state index in [0.717, 1.165) is 43.3 Å². The van der Waals surface area contributed by atoms with E-state index in [1.807, 2.05) is 48.5 Å². The average Bonchev–Trinajstić information content (AvgIpc) is 3.46. The third-order valence-corrected chi connectivity index (χ3v) is 8.30. The maximum Gasteiger partial charge on any atom is 0.135 e. The number of aromatic hydroxyl groups is 1. The van der Waals surface area contributed by atoms with Crippen LogP contribution in [0.25, 0.3) is 0 Å². The number of carbonyl (C=O) groups excluding carboxylic acids is 1. The maximum atomic E-state index is 13.1.